The van der Waals surface area contributed by atoms with Crippen LogP contribution in [-0.2, 0) is 6.73 Å². The van der Waals surface area contributed by atoms with Crippen LogP contribution in [0.25, 0.3) is 0 Å². The van der Waals surface area contributed by atoms with Crippen LogP contribution in [0.15, 0.2) is 30.5 Å². The van der Waals surface area contributed by atoms with Crippen molar-refractivity contribution in [3.63, 3.8) is 0 Å². The number of amides is 1. The van der Waals surface area contributed by atoms with Gasteiger partial charge in [0.05, 0.1) is 10.0 Å². The van der Waals surface area contributed by atoms with Crippen LogP contribution in [0.2, 0.25) is 10.0 Å². The lowest BCUT2D eigenvalue weighted by molar-refractivity contribution is 0.0946. The number of ether oxygens (including phenoxy) is 1. The highest BCUT2D eigenvalue weighted by molar-refractivity contribution is 6.37. The number of aromatic nitrogens is 2. The molecule has 5 nitrogen and oxygen atoms in total. The first kappa shape index (κ1) is 16.6. The van der Waals surface area contributed by atoms with Gasteiger partial charge < -0.3 is 10.1 Å². The first-order valence-electron chi connectivity index (χ1n) is 7.00. The van der Waals surface area contributed by atoms with Crippen LogP contribution in [0.3, 0.4) is 0 Å². The molecule has 1 aromatic heterocycles. The molecule has 1 aromatic carbocycles. The van der Waals surface area contributed by atoms with E-state index in [9.17, 15) is 4.79 Å². The van der Waals surface area contributed by atoms with Gasteiger partial charge in [-0.1, -0.05) is 42.6 Å². The Morgan fingerprint density at radius 3 is 2.73 bits per heavy atom. The SMILES string of the molecule is CCCCNC(=O)c1ccn(COc2c(Cl)cccc2Cl)n1. The molecule has 0 saturated carbocycles. The summed E-state index contributed by atoms with van der Waals surface area (Å²) in [7, 11) is 0. The van der Waals surface area contributed by atoms with Crippen LogP contribution in [0.1, 0.15) is 30.3 Å². The average Bonchev–Trinajstić information content (AvgIpc) is 2.96. The number of carbonyl (C=O) groups is 1. The summed E-state index contributed by atoms with van der Waals surface area (Å²) in [6.45, 7) is 2.83. The lowest BCUT2D eigenvalue weighted by atomic mass is 10.3. The van der Waals surface area contributed by atoms with Crippen LogP contribution in [0.4, 0.5) is 0 Å². The summed E-state index contributed by atoms with van der Waals surface area (Å²) in [5.74, 6) is 0.207. The zero-order valence-corrected chi connectivity index (χ0v) is 13.7. The molecule has 2 rings (SSSR count). The van der Waals surface area contributed by atoms with Crippen LogP contribution in [0, 0.1) is 0 Å². The topological polar surface area (TPSA) is 56.2 Å². The summed E-state index contributed by atoms with van der Waals surface area (Å²) in [4.78, 5) is 11.8. The van der Waals surface area contributed by atoms with Gasteiger partial charge in [0.15, 0.2) is 12.5 Å². The third kappa shape index (κ3) is 4.39. The van der Waals surface area contributed by atoms with Gasteiger partial charge >= 0.3 is 0 Å². The number of hydrogen-bond acceptors (Lipinski definition) is 3. The summed E-state index contributed by atoms with van der Waals surface area (Å²) in [5.41, 5.74) is 0.352. The Balaban J connectivity index is 1.93. The predicted molar refractivity (Wildman–Crippen MR) is 86.6 cm³/mol. The molecule has 0 bridgehead atoms. The molecule has 22 heavy (non-hydrogen) atoms. The van der Waals surface area contributed by atoms with Crippen molar-refractivity contribution in [2.45, 2.75) is 26.5 Å². The van der Waals surface area contributed by atoms with Crippen molar-refractivity contribution in [2.24, 2.45) is 0 Å². The van der Waals surface area contributed by atoms with Gasteiger partial charge in [-0.25, -0.2) is 4.68 Å². The van der Waals surface area contributed by atoms with E-state index >= 15 is 0 Å². The summed E-state index contributed by atoms with van der Waals surface area (Å²) < 4.78 is 7.06. The Labute approximate surface area is 139 Å². The molecule has 0 aliphatic carbocycles. The molecule has 118 valence electrons. The summed E-state index contributed by atoms with van der Waals surface area (Å²) in [6, 6.07) is 6.76. The second kappa shape index (κ2) is 8.06. The van der Waals surface area contributed by atoms with E-state index in [0.717, 1.165) is 12.8 Å². The number of unbranched alkanes of at least 4 members (excludes halogenated alkanes) is 1. The lowest BCUT2D eigenvalue weighted by Gasteiger charge is -2.09. The van der Waals surface area contributed by atoms with Gasteiger partial charge in [-0.2, -0.15) is 5.10 Å². The number of benzene rings is 1. The highest BCUT2D eigenvalue weighted by Gasteiger charge is 2.10. The summed E-state index contributed by atoms with van der Waals surface area (Å²) >= 11 is 12.0. The minimum absolute atomic E-state index is 0.117. The first-order valence-corrected chi connectivity index (χ1v) is 7.76. The number of nitrogens with zero attached hydrogens (tertiary/aromatic N) is 2. The van der Waals surface area contributed by atoms with Crippen LogP contribution in [-0.4, -0.2) is 22.2 Å². The van der Waals surface area contributed by atoms with E-state index in [1.54, 1.807) is 30.5 Å². The number of para-hydroxylation sites is 1. The van der Waals surface area contributed by atoms with Gasteiger partial charge in [-0.05, 0) is 24.6 Å². The van der Waals surface area contributed by atoms with Gasteiger partial charge in [0.25, 0.3) is 5.91 Å². The van der Waals surface area contributed by atoms with Crippen molar-refractivity contribution in [1.82, 2.24) is 15.1 Å². The highest BCUT2D eigenvalue weighted by Crippen LogP contribution is 2.32. The molecule has 1 N–H and O–H groups in total. The minimum Gasteiger partial charge on any atom is -0.468 e. The maximum atomic E-state index is 11.8. The maximum Gasteiger partial charge on any atom is 0.271 e. The Hall–Kier alpha value is -1.72. The second-order valence-electron chi connectivity index (χ2n) is 4.67. The molecule has 7 heteroatoms. The highest BCUT2D eigenvalue weighted by atomic mass is 35.5. The fourth-order valence-electron chi connectivity index (χ4n) is 1.78. The number of nitrogens with one attached hydrogen (secondary N) is 1. The average molecular weight is 342 g/mol. The van der Waals surface area contributed by atoms with E-state index in [0.29, 0.717) is 28.0 Å². The Morgan fingerprint density at radius 1 is 1.32 bits per heavy atom. The first-order chi connectivity index (χ1) is 10.6. The van der Waals surface area contributed by atoms with E-state index in [-0.39, 0.29) is 12.6 Å². The molecule has 1 heterocycles. The fourth-order valence-corrected chi connectivity index (χ4v) is 2.28. The molecule has 0 unspecified atom stereocenters. The van der Waals surface area contributed by atoms with Crippen LogP contribution in [0.5, 0.6) is 5.75 Å². The molecule has 1 amide bonds. The predicted octanol–water partition coefficient (Wildman–Crippen LogP) is 3.76. The number of rotatable bonds is 7. The third-order valence-corrected chi connectivity index (χ3v) is 3.54. The van der Waals surface area contributed by atoms with Crippen molar-refractivity contribution in [1.29, 1.82) is 0 Å². The maximum absolute atomic E-state index is 11.8. The third-order valence-electron chi connectivity index (χ3n) is 2.95. The van der Waals surface area contributed by atoms with Gasteiger partial charge in [-0.15, -0.1) is 0 Å². The summed E-state index contributed by atoms with van der Waals surface area (Å²) in [6.07, 6.45) is 3.64. The molecule has 0 atom stereocenters. The van der Waals surface area contributed by atoms with Gasteiger partial charge in [0.2, 0.25) is 0 Å². The summed E-state index contributed by atoms with van der Waals surface area (Å²) in [5, 5.41) is 7.82. The van der Waals surface area contributed by atoms with Crippen molar-refractivity contribution < 1.29 is 9.53 Å². The molecule has 0 radical (unpaired) electrons. The van der Waals surface area contributed by atoms with E-state index in [1.807, 2.05) is 0 Å². The normalized spacial score (nSPS) is 10.5. The Bertz CT molecular complexity index is 623. The molecule has 0 aliphatic heterocycles. The lowest BCUT2D eigenvalue weighted by Crippen LogP contribution is -2.25. The second-order valence-corrected chi connectivity index (χ2v) is 5.49. The quantitative estimate of drug-likeness (QED) is 0.780. The number of halogens is 2. The fraction of sp³-hybridized carbons (Fsp3) is 0.333. The van der Waals surface area contributed by atoms with Crippen LogP contribution >= 0.6 is 23.2 Å². The monoisotopic (exact) mass is 341 g/mol. The van der Waals surface area contributed by atoms with Gasteiger partial charge in [0, 0.05) is 12.7 Å². The zero-order valence-electron chi connectivity index (χ0n) is 12.2. The van der Waals surface area contributed by atoms with E-state index in [1.165, 1.54) is 4.68 Å². The van der Waals surface area contributed by atoms with Crippen LogP contribution < -0.4 is 10.1 Å². The van der Waals surface area contributed by atoms with Crippen molar-refractivity contribution in [3.05, 3.63) is 46.2 Å². The Kier molecular flexibility index (Phi) is 6.10. The van der Waals surface area contributed by atoms with Gasteiger partial charge in [0.1, 0.15) is 5.69 Å². The number of hydrogen-bond donors (Lipinski definition) is 1. The van der Waals surface area contributed by atoms with E-state index < -0.39 is 0 Å². The van der Waals surface area contributed by atoms with E-state index in [4.69, 9.17) is 27.9 Å². The largest absolute Gasteiger partial charge is 0.468 e. The minimum atomic E-state index is -0.192. The Morgan fingerprint density at radius 2 is 2.05 bits per heavy atom. The molecule has 2 aromatic rings. The molecule has 0 saturated heterocycles. The zero-order chi connectivity index (χ0) is 15.9. The number of carbonyl (C=O) groups excluding carboxylic acids is 1. The molecular weight excluding hydrogens is 325 g/mol. The standard InChI is InChI=1S/C15H17Cl2N3O2/c1-2-3-8-18-15(21)13-7-9-20(19-13)10-22-14-11(16)5-4-6-12(14)17/h4-7,9H,2-3,8,10H2,1H3,(H,18,21). The smallest absolute Gasteiger partial charge is 0.271 e. The molecule has 0 spiro atoms. The van der Waals surface area contributed by atoms with Crippen molar-refractivity contribution >= 4 is 29.1 Å². The van der Waals surface area contributed by atoms with Crippen molar-refractivity contribution in [3.8, 4) is 5.75 Å². The van der Waals surface area contributed by atoms with E-state index in [2.05, 4.69) is 17.3 Å². The van der Waals surface area contributed by atoms with Gasteiger partial charge in [-0.3, -0.25) is 4.79 Å². The molecule has 0 aliphatic rings. The van der Waals surface area contributed by atoms with Crippen molar-refractivity contribution in [2.75, 3.05) is 6.54 Å². The molecule has 0 fully saturated rings. The molecular formula is C15H17Cl2N3O2.